The molecule has 160 valence electrons. The van der Waals surface area contributed by atoms with E-state index in [9.17, 15) is 10.5 Å². The van der Waals surface area contributed by atoms with Gasteiger partial charge in [0, 0.05) is 23.3 Å². The van der Waals surface area contributed by atoms with Crippen LogP contribution in [0.2, 0.25) is 0 Å². The zero-order chi connectivity index (χ0) is 22.0. The second kappa shape index (κ2) is 9.32. The molecule has 0 radical (unpaired) electrons. The molecular formula is C21H22N6O2S2. The minimum atomic E-state index is -0.0184. The van der Waals surface area contributed by atoms with Crippen LogP contribution in [0, 0.1) is 11.3 Å². The van der Waals surface area contributed by atoms with Crippen molar-refractivity contribution < 1.29 is 9.94 Å². The van der Waals surface area contributed by atoms with E-state index in [0.717, 1.165) is 51.3 Å². The fraction of sp³-hybridized carbons (Fsp3) is 0.286. The minimum absolute atomic E-state index is 0.0122. The highest BCUT2D eigenvalue weighted by atomic mass is 32.2. The lowest BCUT2D eigenvalue weighted by molar-refractivity contribution is -0.0446. The average Bonchev–Trinajstić information content (AvgIpc) is 3.41. The van der Waals surface area contributed by atoms with Crippen LogP contribution in [0.1, 0.15) is 43.0 Å². The summed E-state index contributed by atoms with van der Waals surface area (Å²) < 4.78 is 11.1. The SMILES string of the molecule is CC(C)Oc1ccc(-c2nsc(-c3cccc4c3CCC4NN(O)SN)n2)cc1C#N. The zero-order valence-electron chi connectivity index (χ0n) is 17.1. The van der Waals surface area contributed by atoms with Gasteiger partial charge in [-0.3, -0.25) is 10.3 Å². The predicted molar refractivity (Wildman–Crippen MR) is 121 cm³/mol. The molecule has 3 aromatic rings. The van der Waals surface area contributed by atoms with Gasteiger partial charge in [0.25, 0.3) is 0 Å². The number of hydrogen-bond donors (Lipinski definition) is 3. The number of benzene rings is 2. The predicted octanol–water partition coefficient (Wildman–Crippen LogP) is 4.24. The average molecular weight is 455 g/mol. The number of hydrogen-bond acceptors (Lipinski definition) is 10. The molecule has 0 fully saturated rings. The molecule has 1 atom stereocenters. The number of fused-ring (bicyclic) bond motifs is 1. The van der Waals surface area contributed by atoms with Gasteiger partial charge in [-0.2, -0.15) is 9.64 Å². The molecule has 1 heterocycles. The van der Waals surface area contributed by atoms with Crippen LogP contribution in [0.25, 0.3) is 22.0 Å². The van der Waals surface area contributed by atoms with Crippen molar-refractivity contribution in [3.8, 4) is 33.8 Å². The number of rotatable bonds is 7. The molecule has 4 N–H and O–H groups in total. The van der Waals surface area contributed by atoms with Crippen molar-refractivity contribution in [3.63, 3.8) is 0 Å². The molecule has 4 rings (SSSR count). The Morgan fingerprint density at radius 3 is 2.97 bits per heavy atom. The summed E-state index contributed by atoms with van der Waals surface area (Å²) in [5.74, 6) is 1.14. The third-order valence-corrected chi connectivity index (χ3v) is 6.07. The molecule has 0 amide bonds. The lowest BCUT2D eigenvalue weighted by Gasteiger charge is -2.18. The number of nitrogens with two attached hydrogens (primary N) is 1. The van der Waals surface area contributed by atoms with Crippen molar-refractivity contribution in [3.05, 3.63) is 53.1 Å². The fourth-order valence-electron chi connectivity index (χ4n) is 3.72. The summed E-state index contributed by atoms with van der Waals surface area (Å²) in [6, 6.07) is 13.7. The summed E-state index contributed by atoms with van der Waals surface area (Å²) >= 11 is 2.05. The third kappa shape index (κ3) is 4.57. The van der Waals surface area contributed by atoms with E-state index in [0.29, 0.717) is 17.1 Å². The molecule has 1 unspecified atom stereocenters. The highest BCUT2D eigenvalue weighted by Crippen LogP contribution is 2.39. The standard InChI is InChI=1S/C21H22N6O2S2/c1-12(2)29-19-9-6-13(10-14(19)11-22)20-24-21(30-26-20)17-5-3-4-16-15(17)7-8-18(16)25-27(28)31-23/h3-6,9-10,12,18,25,28H,7-8,23H2,1-2H3. The Hall–Kier alpha value is -2.52. The number of aromatic nitrogens is 2. The minimum Gasteiger partial charge on any atom is -0.490 e. The van der Waals surface area contributed by atoms with Crippen molar-refractivity contribution in [1.82, 2.24) is 19.4 Å². The van der Waals surface area contributed by atoms with Crippen LogP contribution in [-0.4, -0.2) is 25.2 Å². The van der Waals surface area contributed by atoms with Crippen molar-refractivity contribution >= 4 is 23.7 Å². The van der Waals surface area contributed by atoms with E-state index in [-0.39, 0.29) is 12.1 Å². The Morgan fingerprint density at radius 1 is 1.39 bits per heavy atom. The lowest BCUT2D eigenvalue weighted by atomic mass is 10.0. The van der Waals surface area contributed by atoms with E-state index in [1.807, 2.05) is 38.1 Å². The van der Waals surface area contributed by atoms with Gasteiger partial charge in [-0.05, 0) is 67.5 Å². The summed E-state index contributed by atoms with van der Waals surface area (Å²) in [4.78, 5) is 4.75. The van der Waals surface area contributed by atoms with Gasteiger partial charge in [0.15, 0.2) is 5.82 Å². The third-order valence-electron chi connectivity index (χ3n) is 5.01. The van der Waals surface area contributed by atoms with Crippen LogP contribution in [0.5, 0.6) is 5.75 Å². The number of nitriles is 1. The van der Waals surface area contributed by atoms with Gasteiger partial charge in [0.2, 0.25) is 0 Å². The van der Waals surface area contributed by atoms with E-state index in [2.05, 4.69) is 15.9 Å². The second-order valence-corrected chi connectivity index (χ2v) is 8.69. The molecular weight excluding hydrogens is 432 g/mol. The van der Waals surface area contributed by atoms with Gasteiger partial charge in [-0.25, -0.2) is 10.4 Å². The van der Waals surface area contributed by atoms with E-state index < -0.39 is 0 Å². The largest absolute Gasteiger partial charge is 0.490 e. The van der Waals surface area contributed by atoms with Gasteiger partial charge in [0.05, 0.1) is 17.7 Å². The van der Waals surface area contributed by atoms with Crippen molar-refractivity contribution in [1.29, 1.82) is 5.26 Å². The Morgan fingerprint density at radius 2 is 2.23 bits per heavy atom. The van der Waals surface area contributed by atoms with Gasteiger partial charge in [0.1, 0.15) is 16.8 Å². The molecule has 1 aliphatic rings. The summed E-state index contributed by atoms with van der Waals surface area (Å²) in [6.45, 7) is 3.85. The topological polar surface area (TPSA) is 120 Å². The summed E-state index contributed by atoms with van der Waals surface area (Å²) in [5, 5.41) is 25.4. The molecule has 10 heteroatoms. The smallest absolute Gasteiger partial charge is 0.173 e. The summed E-state index contributed by atoms with van der Waals surface area (Å²) in [5.41, 5.74) is 7.56. The Labute approximate surface area is 189 Å². The Balaban J connectivity index is 1.63. The van der Waals surface area contributed by atoms with Crippen LogP contribution < -0.4 is 15.3 Å². The highest BCUT2D eigenvalue weighted by molar-refractivity contribution is 7.94. The number of nitrogens with one attached hydrogen (secondary N) is 1. The van der Waals surface area contributed by atoms with E-state index >= 15 is 0 Å². The van der Waals surface area contributed by atoms with Crippen molar-refractivity contribution in [2.75, 3.05) is 0 Å². The molecule has 1 aliphatic carbocycles. The summed E-state index contributed by atoms with van der Waals surface area (Å²) in [6.07, 6.45) is 1.70. The normalized spacial score (nSPS) is 15.3. The molecule has 8 nitrogen and oxygen atoms in total. The molecule has 0 aliphatic heterocycles. The maximum atomic E-state index is 9.68. The molecule has 0 saturated heterocycles. The summed E-state index contributed by atoms with van der Waals surface area (Å²) in [7, 11) is 0. The maximum absolute atomic E-state index is 9.68. The molecule has 1 aromatic heterocycles. The highest BCUT2D eigenvalue weighted by Gasteiger charge is 2.27. The first-order valence-electron chi connectivity index (χ1n) is 9.79. The Bertz CT molecular complexity index is 1130. The van der Waals surface area contributed by atoms with E-state index in [1.54, 1.807) is 12.1 Å². The first-order valence-corrected chi connectivity index (χ1v) is 11.4. The van der Waals surface area contributed by atoms with Gasteiger partial charge in [-0.15, -0.1) is 0 Å². The van der Waals surface area contributed by atoms with Crippen LogP contribution >= 0.6 is 23.7 Å². The number of hydrazine groups is 1. The zero-order valence-corrected chi connectivity index (χ0v) is 18.7. The van der Waals surface area contributed by atoms with Crippen molar-refractivity contribution in [2.24, 2.45) is 5.14 Å². The first kappa shape index (κ1) is 21.7. The van der Waals surface area contributed by atoms with Crippen LogP contribution in [-0.2, 0) is 6.42 Å². The van der Waals surface area contributed by atoms with Gasteiger partial charge < -0.3 is 4.74 Å². The van der Waals surface area contributed by atoms with Crippen LogP contribution in [0.4, 0.5) is 0 Å². The maximum Gasteiger partial charge on any atom is 0.173 e. The quantitative estimate of drug-likeness (QED) is 0.355. The number of ether oxygens (including phenoxy) is 1. The van der Waals surface area contributed by atoms with Crippen LogP contribution in [0.15, 0.2) is 36.4 Å². The van der Waals surface area contributed by atoms with Crippen molar-refractivity contribution in [2.45, 2.75) is 38.8 Å². The molecule has 2 aromatic carbocycles. The van der Waals surface area contributed by atoms with Crippen LogP contribution in [0.3, 0.4) is 0 Å². The molecule has 31 heavy (non-hydrogen) atoms. The fourth-order valence-corrected chi connectivity index (χ4v) is 4.64. The molecule has 0 spiro atoms. The second-order valence-electron chi connectivity index (χ2n) is 7.38. The Kier molecular flexibility index (Phi) is 6.52. The molecule has 0 bridgehead atoms. The van der Waals surface area contributed by atoms with E-state index in [4.69, 9.17) is 14.9 Å². The molecule has 0 saturated carbocycles. The lowest BCUT2D eigenvalue weighted by Crippen LogP contribution is -2.33. The van der Waals surface area contributed by atoms with E-state index in [1.165, 1.54) is 17.1 Å². The first-order chi connectivity index (χ1) is 15.0. The monoisotopic (exact) mass is 454 g/mol. The van der Waals surface area contributed by atoms with Gasteiger partial charge >= 0.3 is 0 Å². The number of nitrogens with zero attached hydrogens (tertiary/aromatic N) is 4. The van der Waals surface area contributed by atoms with Gasteiger partial charge in [-0.1, -0.05) is 22.8 Å².